The van der Waals surface area contributed by atoms with Crippen LogP contribution in [0.25, 0.3) is 0 Å². The maximum absolute atomic E-state index is 12.7. The number of nitrogens with zero attached hydrogens (tertiary/aromatic N) is 1. The van der Waals surface area contributed by atoms with E-state index < -0.39 is 13.9 Å². The van der Waals surface area contributed by atoms with Gasteiger partial charge in [0.15, 0.2) is 0 Å². The molecule has 0 aromatic rings. The standard InChI is InChI=1S/C50H88NO7P/c1-6-8-10-12-14-16-18-20-22-23-24-25-26-27-28-29-30-31-33-35-37-39-41-43-50(52)58-49(48-57-59(53,54)56-46-44-51(3,4)5)47-55-45-42-40-38-36-34-32-21-19-17-15-13-11-9-7-2/h8-11,14-17,20-22,24-25,32,49H,6-7,12-13,18-19,23,26-31,33-48H2,1-5H3/p+1/b10-8-,11-9-,16-14-,17-15-,22-20-,25-24-,32-21-. The van der Waals surface area contributed by atoms with Gasteiger partial charge in [0.05, 0.1) is 34.4 Å². The molecule has 0 amide bonds. The predicted molar refractivity (Wildman–Crippen MR) is 251 cm³/mol. The van der Waals surface area contributed by atoms with Crippen LogP contribution in [0.3, 0.4) is 0 Å². The normalized spacial score (nSPS) is 14.5. The summed E-state index contributed by atoms with van der Waals surface area (Å²) in [7, 11) is 1.64. The highest BCUT2D eigenvalue weighted by molar-refractivity contribution is 7.47. The number of carbonyl (C=O) groups excluding carboxylic acids is 1. The van der Waals surface area contributed by atoms with Crippen LogP contribution < -0.4 is 0 Å². The monoisotopic (exact) mass is 847 g/mol. The van der Waals surface area contributed by atoms with E-state index in [4.69, 9.17) is 18.5 Å². The zero-order valence-electron chi connectivity index (χ0n) is 38.5. The molecule has 0 aliphatic heterocycles. The van der Waals surface area contributed by atoms with Gasteiger partial charge in [0.1, 0.15) is 19.3 Å². The maximum Gasteiger partial charge on any atom is 0.472 e. The number of unbranched alkanes of at least 4 members (excludes halogenated alkanes) is 14. The summed E-state index contributed by atoms with van der Waals surface area (Å²) in [4.78, 5) is 22.9. The summed E-state index contributed by atoms with van der Waals surface area (Å²) in [6.07, 6.45) is 56.2. The van der Waals surface area contributed by atoms with E-state index in [9.17, 15) is 14.3 Å². The molecule has 0 rings (SSSR count). The second-order valence-corrected chi connectivity index (χ2v) is 17.8. The zero-order valence-corrected chi connectivity index (χ0v) is 39.4. The molecule has 1 N–H and O–H groups in total. The van der Waals surface area contributed by atoms with Crippen molar-refractivity contribution in [2.24, 2.45) is 0 Å². The van der Waals surface area contributed by atoms with E-state index in [2.05, 4.69) is 98.9 Å². The van der Waals surface area contributed by atoms with E-state index in [1.54, 1.807) is 0 Å². The van der Waals surface area contributed by atoms with E-state index in [0.29, 0.717) is 24.1 Å². The third-order valence-corrected chi connectivity index (χ3v) is 10.4. The third kappa shape index (κ3) is 46.6. The topological polar surface area (TPSA) is 91.3 Å². The minimum Gasteiger partial charge on any atom is -0.457 e. The molecule has 0 radical (unpaired) electrons. The molecule has 0 aliphatic rings. The van der Waals surface area contributed by atoms with E-state index in [1.165, 1.54) is 51.4 Å². The highest BCUT2D eigenvalue weighted by Crippen LogP contribution is 2.43. The lowest BCUT2D eigenvalue weighted by atomic mass is 10.0. The summed E-state index contributed by atoms with van der Waals surface area (Å²) < 4.78 is 35.0. The summed E-state index contributed by atoms with van der Waals surface area (Å²) in [5.74, 6) is -0.330. The van der Waals surface area contributed by atoms with Crippen LogP contribution >= 0.6 is 7.82 Å². The second-order valence-electron chi connectivity index (χ2n) is 16.4. The number of esters is 1. The first kappa shape index (κ1) is 56.7. The molecule has 59 heavy (non-hydrogen) atoms. The Balaban J connectivity index is 4.21. The molecule has 0 heterocycles. The van der Waals surface area contributed by atoms with Gasteiger partial charge in [-0.25, -0.2) is 4.57 Å². The SMILES string of the molecule is CC/C=C\C/C=C\C/C=C\C/C=C\CCCCCCCCCCCCC(=O)OC(COCCCCCC/C=C\C/C=C\C/C=C\CC)COP(=O)(O)OCC[N+](C)(C)C. The van der Waals surface area contributed by atoms with Crippen molar-refractivity contribution in [3.8, 4) is 0 Å². The summed E-state index contributed by atoms with van der Waals surface area (Å²) >= 11 is 0. The van der Waals surface area contributed by atoms with Crippen LogP contribution in [0.15, 0.2) is 85.1 Å². The highest BCUT2D eigenvalue weighted by Gasteiger charge is 2.26. The molecule has 0 bridgehead atoms. The molecular weight excluding hydrogens is 758 g/mol. The van der Waals surface area contributed by atoms with E-state index in [0.717, 1.165) is 96.3 Å². The van der Waals surface area contributed by atoms with Crippen molar-refractivity contribution < 1.29 is 37.3 Å². The number of phosphoric ester groups is 1. The Kier molecular flexibility index (Phi) is 40.7. The number of rotatable bonds is 42. The van der Waals surface area contributed by atoms with Gasteiger partial charge in [0.25, 0.3) is 0 Å². The largest absolute Gasteiger partial charge is 0.472 e. The fraction of sp³-hybridized carbons (Fsp3) is 0.700. The average molecular weight is 847 g/mol. The van der Waals surface area contributed by atoms with Gasteiger partial charge in [-0.15, -0.1) is 0 Å². The van der Waals surface area contributed by atoms with Crippen LogP contribution in [0.4, 0.5) is 0 Å². The Hall–Kier alpha value is -2.32. The van der Waals surface area contributed by atoms with Crippen molar-refractivity contribution in [2.75, 3.05) is 54.1 Å². The van der Waals surface area contributed by atoms with Gasteiger partial charge in [-0.05, 0) is 83.5 Å². The van der Waals surface area contributed by atoms with Crippen LogP contribution in [0.5, 0.6) is 0 Å². The van der Waals surface area contributed by atoms with Gasteiger partial charge in [0.2, 0.25) is 0 Å². The maximum atomic E-state index is 12.7. The number of phosphoric acid groups is 1. The molecule has 340 valence electrons. The number of hydrogen-bond donors (Lipinski definition) is 1. The zero-order chi connectivity index (χ0) is 43.4. The average Bonchev–Trinajstić information content (AvgIpc) is 3.19. The first-order valence-corrected chi connectivity index (χ1v) is 24.8. The lowest BCUT2D eigenvalue weighted by molar-refractivity contribution is -0.870. The van der Waals surface area contributed by atoms with Gasteiger partial charge in [-0.2, -0.15) is 0 Å². The Morgan fingerprint density at radius 1 is 0.525 bits per heavy atom. The van der Waals surface area contributed by atoms with E-state index >= 15 is 0 Å². The van der Waals surface area contributed by atoms with Crippen molar-refractivity contribution in [1.82, 2.24) is 0 Å². The van der Waals surface area contributed by atoms with Crippen LogP contribution in [0, 0.1) is 0 Å². The number of allylic oxidation sites excluding steroid dienone is 14. The molecule has 2 atom stereocenters. The number of carbonyl (C=O) groups is 1. The fourth-order valence-corrected chi connectivity index (χ4v) is 6.65. The van der Waals surface area contributed by atoms with Crippen molar-refractivity contribution >= 4 is 13.8 Å². The number of quaternary nitrogens is 1. The molecular formula is C50H89NO7P+. The fourth-order valence-electron chi connectivity index (χ4n) is 5.91. The minimum atomic E-state index is -4.29. The number of likely N-dealkylation sites (N-methyl/N-ethyl adjacent to an activating group) is 1. The van der Waals surface area contributed by atoms with Crippen LogP contribution in [-0.2, 0) is 27.9 Å². The smallest absolute Gasteiger partial charge is 0.457 e. The molecule has 2 unspecified atom stereocenters. The van der Waals surface area contributed by atoms with Crippen molar-refractivity contribution in [1.29, 1.82) is 0 Å². The predicted octanol–water partition coefficient (Wildman–Crippen LogP) is 14.1. The first-order valence-electron chi connectivity index (χ1n) is 23.3. The molecule has 0 aromatic heterocycles. The van der Waals surface area contributed by atoms with Gasteiger partial charge >= 0.3 is 13.8 Å². The number of ether oxygens (including phenoxy) is 2. The molecule has 0 aromatic carbocycles. The summed E-state index contributed by atoms with van der Waals surface area (Å²) in [6, 6.07) is 0. The Bertz CT molecular complexity index is 1210. The highest BCUT2D eigenvalue weighted by atomic mass is 31.2. The van der Waals surface area contributed by atoms with Gasteiger partial charge in [0, 0.05) is 13.0 Å². The molecule has 0 fully saturated rings. The minimum absolute atomic E-state index is 0.0786. The first-order chi connectivity index (χ1) is 28.6. The van der Waals surface area contributed by atoms with Crippen molar-refractivity contribution in [3.63, 3.8) is 0 Å². The Labute approximate surface area is 363 Å². The Morgan fingerprint density at radius 3 is 1.39 bits per heavy atom. The molecule has 0 saturated heterocycles. The molecule has 0 spiro atoms. The van der Waals surface area contributed by atoms with Gasteiger partial charge < -0.3 is 18.9 Å². The lowest BCUT2D eigenvalue weighted by Crippen LogP contribution is -2.37. The Morgan fingerprint density at radius 2 is 0.932 bits per heavy atom. The number of hydrogen-bond acceptors (Lipinski definition) is 6. The van der Waals surface area contributed by atoms with Crippen LogP contribution in [0.2, 0.25) is 0 Å². The van der Waals surface area contributed by atoms with Crippen molar-refractivity contribution in [2.45, 2.75) is 174 Å². The third-order valence-electron chi connectivity index (χ3n) is 9.45. The van der Waals surface area contributed by atoms with Crippen LogP contribution in [-0.4, -0.2) is 75.6 Å². The quantitative estimate of drug-likeness (QED) is 0.0215. The molecule has 0 saturated carbocycles. The van der Waals surface area contributed by atoms with Gasteiger partial charge in [-0.3, -0.25) is 13.8 Å². The lowest BCUT2D eigenvalue weighted by Gasteiger charge is -2.24. The summed E-state index contributed by atoms with van der Waals surface area (Å²) in [5, 5.41) is 0. The molecule has 8 nitrogen and oxygen atoms in total. The molecule has 0 aliphatic carbocycles. The van der Waals surface area contributed by atoms with Crippen LogP contribution in [0.1, 0.15) is 168 Å². The second kappa shape index (κ2) is 42.4. The molecule has 9 heteroatoms. The van der Waals surface area contributed by atoms with Gasteiger partial charge in [-0.1, -0.05) is 163 Å². The summed E-state index contributed by atoms with van der Waals surface area (Å²) in [5.41, 5.74) is 0. The van der Waals surface area contributed by atoms with E-state index in [-0.39, 0.29) is 25.8 Å². The van der Waals surface area contributed by atoms with Crippen molar-refractivity contribution in [3.05, 3.63) is 85.1 Å². The summed E-state index contributed by atoms with van der Waals surface area (Å²) in [6.45, 7) is 5.32. The van der Waals surface area contributed by atoms with E-state index in [1.807, 2.05) is 21.1 Å².